The molecule has 112 valence electrons. The quantitative estimate of drug-likeness (QED) is 0.849. The number of carbonyl (C=O) groups is 1. The van der Waals surface area contributed by atoms with E-state index in [0.717, 1.165) is 15.8 Å². The molecule has 0 saturated carbocycles. The van der Waals surface area contributed by atoms with Crippen LogP contribution in [0.3, 0.4) is 0 Å². The van der Waals surface area contributed by atoms with E-state index in [1.54, 1.807) is 0 Å². The molecule has 0 saturated heterocycles. The number of halogens is 1. The maximum absolute atomic E-state index is 11.6. The highest BCUT2D eigenvalue weighted by molar-refractivity contribution is 9.10. The minimum atomic E-state index is -0.143. The molecule has 3 N–H and O–H groups in total. The molecule has 0 bridgehead atoms. The molecule has 1 unspecified atom stereocenters. The fourth-order valence-electron chi connectivity index (χ4n) is 1.93. The minimum Gasteiger partial charge on any atom is -0.327 e. The lowest BCUT2D eigenvalue weighted by atomic mass is 10.1. The molecule has 2 aromatic rings. The molecule has 21 heavy (non-hydrogen) atoms. The zero-order chi connectivity index (χ0) is 15.4. The molecule has 1 amide bonds. The van der Waals surface area contributed by atoms with E-state index in [0.29, 0.717) is 11.6 Å². The number of nitrogens with one attached hydrogen (secondary N) is 1. The predicted octanol–water partition coefficient (Wildman–Crippen LogP) is 3.48. The molecule has 1 atom stereocenters. The van der Waals surface area contributed by atoms with Crippen LogP contribution in [0, 0.1) is 6.92 Å². The van der Waals surface area contributed by atoms with Crippen LogP contribution >= 0.6 is 27.3 Å². The Bertz CT molecular complexity index is 640. The molecule has 6 heteroatoms. The lowest BCUT2D eigenvalue weighted by molar-refractivity contribution is -0.116. The van der Waals surface area contributed by atoms with Crippen LogP contribution in [0.1, 0.15) is 29.3 Å². The first-order chi connectivity index (χ1) is 9.94. The van der Waals surface area contributed by atoms with Crippen molar-refractivity contribution in [2.75, 3.05) is 5.32 Å². The van der Waals surface area contributed by atoms with Gasteiger partial charge in [-0.1, -0.05) is 28.1 Å². The van der Waals surface area contributed by atoms with Crippen molar-refractivity contribution in [3.8, 4) is 0 Å². The number of benzene rings is 1. The van der Waals surface area contributed by atoms with E-state index in [9.17, 15) is 4.79 Å². The van der Waals surface area contributed by atoms with Crippen molar-refractivity contribution in [3.63, 3.8) is 0 Å². The third kappa shape index (κ3) is 4.91. The molecular formula is C15H18BrN3OS. The van der Waals surface area contributed by atoms with Crippen molar-refractivity contribution in [1.29, 1.82) is 0 Å². The van der Waals surface area contributed by atoms with Gasteiger partial charge in [0, 0.05) is 34.4 Å². The van der Waals surface area contributed by atoms with Gasteiger partial charge in [-0.25, -0.2) is 4.98 Å². The number of amides is 1. The van der Waals surface area contributed by atoms with E-state index >= 15 is 0 Å². The Morgan fingerprint density at radius 2 is 2.29 bits per heavy atom. The molecule has 0 aliphatic heterocycles. The van der Waals surface area contributed by atoms with Gasteiger partial charge < -0.3 is 11.1 Å². The Morgan fingerprint density at radius 3 is 2.95 bits per heavy atom. The first-order valence-corrected chi connectivity index (χ1v) is 8.30. The van der Waals surface area contributed by atoms with E-state index in [1.807, 2.05) is 13.1 Å². The van der Waals surface area contributed by atoms with E-state index < -0.39 is 0 Å². The monoisotopic (exact) mass is 367 g/mol. The Labute approximate surface area is 136 Å². The molecule has 0 spiro atoms. The van der Waals surface area contributed by atoms with Crippen molar-refractivity contribution in [2.24, 2.45) is 5.73 Å². The van der Waals surface area contributed by atoms with Crippen LogP contribution in [0.2, 0.25) is 0 Å². The van der Waals surface area contributed by atoms with Gasteiger partial charge in [0.25, 0.3) is 0 Å². The molecule has 0 aliphatic carbocycles. The van der Waals surface area contributed by atoms with Gasteiger partial charge in [0.05, 0.1) is 0 Å². The number of nitrogens with two attached hydrogens (primary N) is 1. The first-order valence-electron chi connectivity index (χ1n) is 6.69. The van der Waals surface area contributed by atoms with E-state index in [4.69, 9.17) is 5.73 Å². The van der Waals surface area contributed by atoms with Crippen molar-refractivity contribution in [1.82, 2.24) is 4.98 Å². The summed E-state index contributed by atoms with van der Waals surface area (Å²) in [5, 5.41) is 3.41. The zero-order valence-corrected chi connectivity index (χ0v) is 14.4. The zero-order valence-electron chi connectivity index (χ0n) is 12.0. The lowest BCUT2D eigenvalue weighted by Gasteiger charge is -2.04. The normalized spacial score (nSPS) is 12.2. The van der Waals surface area contributed by atoms with Crippen molar-refractivity contribution < 1.29 is 4.79 Å². The number of nitrogens with zero attached hydrogens (tertiary/aromatic N) is 1. The molecule has 0 aliphatic rings. The Kier molecular flexibility index (Phi) is 5.50. The van der Waals surface area contributed by atoms with Crippen LogP contribution < -0.4 is 11.1 Å². The smallest absolute Gasteiger partial charge is 0.227 e. The number of thiazole rings is 1. The van der Waals surface area contributed by atoms with Crippen molar-refractivity contribution in [2.45, 2.75) is 32.7 Å². The van der Waals surface area contributed by atoms with E-state index in [1.165, 1.54) is 22.5 Å². The van der Waals surface area contributed by atoms with Crippen LogP contribution in [0.4, 0.5) is 5.13 Å². The van der Waals surface area contributed by atoms with Gasteiger partial charge in [0.1, 0.15) is 0 Å². The molecule has 1 aromatic heterocycles. The molecule has 0 fully saturated rings. The number of carbonyl (C=O) groups excluding carboxylic acids is 1. The van der Waals surface area contributed by atoms with Crippen molar-refractivity contribution >= 4 is 38.3 Å². The average molecular weight is 368 g/mol. The second-order valence-electron chi connectivity index (χ2n) is 5.12. The second kappa shape index (κ2) is 7.15. The molecule has 0 radical (unpaired) electrons. The first kappa shape index (κ1) is 16.1. The highest BCUT2D eigenvalue weighted by atomic mass is 79.9. The largest absolute Gasteiger partial charge is 0.327 e. The SMILES string of the molecule is Cc1cc(Cc2cnc(NC(=O)CC(C)N)s2)ccc1Br. The predicted molar refractivity (Wildman–Crippen MR) is 90.7 cm³/mol. The standard InChI is InChI=1S/C15H18BrN3OS/c1-9-5-11(3-4-13(9)16)7-12-8-18-15(21-12)19-14(20)6-10(2)17/h3-5,8,10H,6-7,17H2,1-2H3,(H,18,19,20). The summed E-state index contributed by atoms with van der Waals surface area (Å²) in [7, 11) is 0. The number of hydrogen-bond acceptors (Lipinski definition) is 4. The van der Waals surface area contributed by atoms with Gasteiger partial charge in [0.15, 0.2) is 5.13 Å². The fraction of sp³-hybridized carbons (Fsp3) is 0.333. The Balaban J connectivity index is 1.99. The average Bonchev–Trinajstić information content (AvgIpc) is 2.80. The van der Waals surface area contributed by atoms with Crippen LogP contribution in [-0.4, -0.2) is 16.9 Å². The number of anilines is 1. The third-order valence-electron chi connectivity index (χ3n) is 2.91. The molecule has 1 aromatic carbocycles. The maximum Gasteiger partial charge on any atom is 0.227 e. The highest BCUT2D eigenvalue weighted by Gasteiger charge is 2.09. The molecular weight excluding hydrogens is 350 g/mol. The van der Waals surface area contributed by atoms with Gasteiger partial charge in [0.2, 0.25) is 5.91 Å². The summed E-state index contributed by atoms with van der Waals surface area (Å²) in [6.45, 7) is 3.88. The van der Waals surface area contributed by atoms with Crippen molar-refractivity contribution in [3.05, 3.63) is 44.9 Å². The van der Waals surface area contributed by atoms with Crippen LogP contribution in [0.5, 0.6) is 0 Å². The summed E-state index contributed by atoms with van der Waals surface area (Å²) < 4.78 is 1.11. The summed E-state index contributed by atoms with van der Waals surface area (Å²) in [6.07, 6.45) is 2.93. The molecule has 4 nitrogen and oxygen atoms in total. The van der Waals surface area contributed by atoms with Gasteiger partial charge in [-0.2, -0.15) is 0 Å². The maximum atomic E-state index is 11.6. The van der Waals surface area contributed by atoms with Gasteiger partial charge >= 0.3 is 0 Å². The van der Waals surface area contributed by atoms with Crippen LogP contribution in [-0.2, 0) is 11.2 Å². The fourth-order valence-corrected chi connectivity index (χ4v) is 3.04. The molecule has 1 heterocycles. The van der Waals surface area contributed by atoms with Gasteiger partial charge in [-0.05, 0) is 31.0 Å². The van der Waals surface area contributed by atoms with Crippen LogP contribution in [0.25, 0.3) is 0 Å². The number of rotatable bonds is 5. The topological polar surface area (TPSA) is 68.0 Å². The number of aryl methyl sites for hydroxylation is 1. The summed E-state index contributed by atoms with van der Waals surface area (Å²) in [4.78, 5) is 17.0. The second-order valence-corrected chi connectivity index (χ2v) is 7.09. The Hall–Kier alpha value is -1.24. The third-order valence-corrected chi connectivity index (χ3v) is 4.71. The molecule has 2 rings (SSSR count). The summed E-state index contributed by atoms with van der Waals surface area (Å²) >= 11 is 5.00. The summed E-state index contributed by atoms with van der Waals surface area (Å²) in [5.41, 5.74) is 8.04. The number of hydrogen-bond donors (Lipinski definition) is 2. The van der Waals surface area contributed by atoms with E-state index in [2.05, 4.69) is 51.4 Å². The summed E-state index contributed by atoms with van der Waals surface area (Å²) in [6, 6.07) is 6.15. The van der Waals surface area contributed by atoms with Gasteiger partial charge in [-0.15, -0.1) is 11.3 Å². The van der Waals surface area contributed by atoms with E-state index in [-0.39, 0.29) is 11.9 Å². The lowest BCUT2D eigenvalue weighted by Crippen LogP contribution is -2.23. The number of aromatic nitrogens is 1. The minimum absolute atomic E-state index is 0.0922. The van der Waals surface area contributed by atoms with Gasteiger partial charge in [-0.3, -0.25) is 4.79 Å². The van der Waals surface area contributed by atoms with Crippen LogP contribution in [0.15, 0.2) is 28.9 Å². The Morgan fingerprint density at radius 1 is 1.52 bits per heavy atom. The summed E-state index contributed by atoms with van der Waals surface area (Å²) in [5.74, 6) is -0.0922. The highest BCUT2D eigenvalue weighted by Crippen LogP contribution is 2.23.